The summed E-state index contributed by atoms with van der Waals surface area (Å²) < 4.78 is 39.2. The van der Waals surface area contributed by atoms with Crippen molar-refractivity contribution in [2.24, 2.45) is 5.73 Å². The van der Waals surface area contributed by atoms with Crippen LogP contribution in [0, 0.1) is 0 Å². The quantitative estimate of drug-likeness (QED) is 0.861. The fraction of sp³-hybridized carbons (Fsp3) is 0.125. The van der Waals surface area contributed by atoms with Crippen LogP contribution in [0.15, 0.2) is 18.2 Å². The molecule has 15 heavy (non-hydrogen) atoms. The van der Waals surface area contributed by atoms with Crippen LogP contribution in [0.1, 0.15) is 10.4 Å². The van der Waals surface area contributed by atoms with E-state index >= 15 is 0 Å². The number of hydrogen-bond donors (Lipinski definition) is 1. The third-order valence-corrected chi connectivity index (χ3v) is 1.84. The number of carbonyl (C=O) groups is 1. The molecule has 0 aliphatic carbocycles. The fourth-order valence-corrected chi connectivity index (χ4v) is 1.16. The molecule has 1 aromatic carbocycles. The first-order chi connectivity index (χ1) is 6.81. The predicted molar refractivity (Wildman–Crippen MR) is 46.7 cm³/mol. The average Bonchev–Trinajstić information content (AvgIpc) is 2.05. The minimum Gasteiger partial charge on any atom is -0.404 e. The molecule has 0 saturated heterocycles. The highest BCUT2D eigenvalue weighted by Gasteiger charge is 2.32. The van der Waals surface area contributed by atoms with E-state index in [-0.39, 0.29) is 5.56 Å². The minimum atomic E-state index is -4.86. The zero-order valence-corrected chi connectivity index (χ0v) is 7.89. The van der Waals surface area contributed by atoms with Gasteiger partial charge in [-0.25, -0.2) is 0 Å². The summed E-state index contributed by atoms with van der Waals surface area (Å²) in [5, 5.41) is -0.456. The van der Waals surface area contributed by atoms with E-state index in [1.54, 1.807) is 0 Å². The standard InChI is InChI=1S/C8H5ClF3NO2/c9-6-4(7(13)14)2-1-3-5(6)15-8(10,11)12/h1-3H,(H2,13,14). The molecular weight excluding hydrogens is 235 g/mol. The number of primary amides is 1. The lowest BCUT2D eigenvalue weighted by atomic mass is 10.2. The lowest BCUT2D eigenvalue weighted by Crippen LogP contribution is -2.18. The third kappa shape index (κ3) is 3.02. The van der Waals surface area contributed by atoms with E-state index in [4.69, 9.17) is 17.3 Å². The van der Waals surface area contributed by atoms with Gasteiger partial charge in [-0.3, -0.25) is 4.79 Å². The highest BCUT2D eigenvalue weighted by molar-refractivity contribution is 6.35. The van der Waals surface area contributed by atoms with Crippen LogP contribution in [0.25, 0.3) is 0 Å². The maximum atomic E-state index is 11.9. The number of nitrogens with two attached hydrogens (primary N) is 1. The van der Waals surface area contributed by atoms with Crippen LogP contribution in [-0.4, -0.2) is 12.3 Å². The molecule has 7 heteroatoms. The maximum absolute atomic E-state index is 11.9. The van der Waals surface area contributed by atoms with Gasteiger partial charge in [0.05, 0.1) is 10.6 Å². The van der Waals surface area contributed by atoms with Gasteiger partial charge in [0.2, 0.25) is 5.91 Å². The predicted octanol–water partition coefficient (Wildman–Crippen LogP) is 2.34. The fourth-order valence-electron chi connectivity index (χ4n) is 0.905. The maximum Gasteiger partial charge on any atom is 0.573 e. The molecule has 0 unspecified atom stereocenters. The van der Waals surface area contributed by atoms with Crippen molar-refractivity contribution < 1.29 is 22.7 Å². The molecule has 0 aliphatic rings. The van der Waals surface area contributed by atoms with E-state index in [2.05, 4.69) is 4.74 Å². The number of carbonyl (C=O) groups excluding carboxylic acids is 1. The number of halogens is 4. The first kappa shape index (κ1) is 11.6. The van der Waals surface area contributed by atoms with Crippen molar-refractivity contribution in [3.8, 4) is 5.75 Å². The zero-order valence-electron chi connectivity index (χ0n) is 7.14. The second-order valence-corrected chi connectivity index (χ2v) is 2.91. The van der Waals surface area contributed by atoms with Crippen molar-refractivity contribution in [3.63, 3.8) is 0 Å². The Morgan fingerprint density at radius 1 is 1.40 bits per heavy atom. The molecule has 0 heterocycles. The topological polar surface area (TPSA) is 52.3 Å². The number of hydrogen-bond acceptors (Lipinski definition) is 2. The number of ether oxygens (including phenoxy) is 1. The summed E-state index contributed by atoms with van der Waals surface area (Å²) in [6.07, 6.45) is -4.86. The second-order valence-electron chi connectivity index (χ2n) is 2.53. The van der Waals surface area contributed by atoms with Crippen LogP contribution in [0.2, 0.25) is 5.02 Å². The lowest BCUT2D eigenvalue weighted by molar-refractivity contribution is -0.274. The van der Waals surface area contributed by atoms with Crippen LogP contribution in [0.4, 0.5) is 13.2 Å². The molecule has 0 atom stereocenters. The van der Waals surface area contributed by atoms with Gasteiger partial charge >= 0.3 is 6.36 Å². The van der Waals surface area contributed by atoms with Crippen LogP contribution in [-0.2, 0) is 0 Å². The van der Waals surface area contributed by atoms with E-state index in [1.165, 1.54) is 12.1 Å². The van der Waals surface area contributed by atoms with Gasteiger partial charge < -0.3 is 10.5 Å². The van der Waals surface area contributed by atoms with Crippen molar-refractivity contribution in [1.82, 2.24) is 0 Å². The van der Waals surface area contributed by atoms with Crippen molar-refractivity contribution in [3.05, 3.63) is 28.8 Å². The molecule has 0 fully saturated rings. The molecule has 0 radical (unpaired) electrons. The normalized spacial score (nSPS) is 11.2. The minimum absolute atomic E-state index is 0.224. The summed E-state index contributed by atoms with van der Waals surface area (Å²) >= 11 is 5.48. The third-order valence-electron chi connectivity index (χ3n) is 1.45. The van der Waals surface area contributed by atoms with Gasteiger partial charge in [-0.2, -0.15) is 0 Å². The van der Waals surface area contributed by atoms with Gasteiger partial charge in [0.25, 0.3) is 0 Å². The largest absolute Gasteiger partial charge is 0.573 e. The Morgan fingerprint density at radius 3 is 2.47 bits per heavy atom. The van der Waals surface area contributed by atoms with Crippen molar-refractivity contribution in [2.75, 3.05) is 0 Å². The SMILES string of the molecule is NC(=O)c1cccc(OC(F)(F)F)c1Cl. The van der Waals surface area contributed by atoms with E-state index in [1.807, 2.05) is 0 Å². The summed E-state index contributed by atoms with van der Waals surface area (Å²) in [4.78, 5) is 10.7. The van der Waals surface area contributed by atoms with E-state index < -0.39 is 23.0 Å². The van der Waals surface area contributed by atoms with Gasteiger partial charge in [-0.1, -0.05) is 17.7 Å². The van der Waals surface area contributed by atoms with Crippen LogP contribution >= 0.6 is 11.6 Å². The molecule has 0 saturated carbocycles. The van der Waals surface area contributed by atoms with Crippen molar-refractivity contribution >= 4 is 17.5 Å². The highest BCUT2D eigenvalue weighted by Crippen LogP contribution is 2.32. The van der Waals surface area contributed by atoms with E-state index in [0.29, 0.717) is 0 Å². The molecule has 1 aromatic rings. The molecule has 1 amide bonds. The summed E-state index contributed by atoms with van der Waals surface area (Å²) in [6.45, 7) is 0. The number of alkyl halides is 3. The highest BCUT2D eigenvalue weighted by atomic mass is 35.5. The van der Waals surface area contributed by atoms with Gasteiger partial charge in [0.1, 0.15) is 5.75 Å². The van der Waals surface area contributed by atoms with Crippen molar-refractivity contribution in [2.45, 2.75) is 6.36 Å². The first-order valence-electron chi connectivity index (χ1n) is 3.65. The molecule has 1 rings (SSSR count). The van der Waals surface area contributed by atoms with Crippen molar-refractivity contribution in [1.29, 1.82) is 0 Å². The summed E-state index contributed by atoms with van der Waals surface area (Å²) in [5.41, 5.74) is 4.66. The molecule has 82 valence electrons. The Kier molecular flexibility index (Phi) is 3.09. The van der Waals surface area contributed by atoms with E-state index in [0.717, 1.165) is 6.07 Å². The number of amides is 1. The molecule has 0 bridgehead atoms. The van der Waals surface area contributed by atoms with Gasteiger partial charge in [0, 0.05) is 0 Å². The first-order valence-corrected chi connectivity index (χ1v) is 4.03. The van der Waals surface area contributed by atoms with E-state index in [9.17, 15) is 18.0 Å². The molecular formula is C8H5ClF3NO2. The Hall–Kier alpha value is -1.43. The Morgan fingerprint density at radius 2 is 2.00 bits per heavy atom. The molecule has 0 aliphatic heterocycles. The molecule has 3 nitrogen and oxygen atoms in total. The average molecular weight is 240 g/mol. The van der Waals surface area contributed by atoms with Crippen LogP contribution in [0.3, 0.4) is 0 Å². The summed E-state index contributed by atoms with van der Waals surface area (Å²) in [5.74, 6) is -1.58. The number of benzene rings is 1. The Bertz CT molecular complexity index is 392. The monoisotopic (exact) mass is 239 g/mol. The molecule has 0 spiro atoms. The number of rotatable bonds is 2. The zero-order chi connectivity index (χ0) is 11.6. The van der Waals surface area contributed by atoms with Crippen LogP contribution in [0.5, 0.6) is 5.75 Å². The lowest BCUT2D eigenvalue weighted by Gasteiger charge is -2.11. The van der Waals surface area contributed by atoms with Gasteiger partial charge in [0.15, 0.2) is 0 Å². The van der Waals surface area contributed by atoms with Gasteiger partial charge in [-0.05, 0) is 12.1 Å². The summed E-state index contributed by atoms with van der Waals surface area (Å²) in [6, 6.07) is 3.38. The smallest absolute Gasteiger partial charge is 0.404 e. The van der Waals surface area contributed by atoms with Crippen LogP contribution < -0.4 is 10.5 Å². The second kappa shape index (κ2) is 3.98. The molecule has 2 N–H and O–H groups in total. The molecule has 0 aromatic heterocycles. The summed E-state index contributed by atoms with van der Waals surface area (Å²) in [7, 11) is 0. The Balaban J connectivity index is 3.10. The van der Waals surface area contributed by atoms with Gasteiger partial charge in [-0.15, -0.1) is 13.2 Å². The Labute approximate surface area is 87.6 Å².